The number of phenolic OH excluding ortho intramolecular Hbond substituents is 1. The zero-order chi connectivity index (χ0) is 16.4. The number of carbonyl (C=O) groups is 1. The van der Waals surface area contributed by atoms with Crippen molar-refractivity contribution < 1.29 is 9.90 Å². The van der Waals surface area contributed by atoms with E-state index >= 15 is 0 Å². The molecule has 1 aromatic carbocycles. The van der Waals surface area contributed by atoms with Gasteiger partial charge in [-0.1, -0.05) is 0 Å². The first kappa shape index (κ1) is 15.6. The fourth-order valence-electron chi connectivity index (χ4n) is 2.58. The molecule has 0 saturated heterocycles. The molecule has 3 aromatic rings. The summed E-state index contributed by atoms with van der Waals surface area (Å²) >= 11 is 1.65. The molecule has 3 rings (SSSR count). The number of thiophene rings is 1. The van der Waals surface area contributed by atoms with Crippen LogP contribution in [0.1, 0.15) is 11.6 Å². The quantitative estimate of drug-likeness (QED) is 0.772. The van der Waals surface area contributed by atoms with Gasteiger partial charge in [0.25, 0.3) is 0 Å². The van der Waals surface area contributed by atoms with Crippen LogP contribution in [0.3, 0.4) is 0 Å². The number of rotatable bonds is 4. The Labute approximate surface area is 138 Å². The number of aromatic nitrogens is 1. The number of benzene rings is 1. The highest BCUT2D eigenvalue weighted by atomic mass is 32.1. The van der Waals surface area contributed by atoms with Crippen molar-refractivity contribution in [2.45, 2.75) is 6.04 Å². The second kappa shape index (κ2) is 6.44. The highest BCUT2D eigenvalue weighted by Crippen LogP contribution is 2.22. The van der Waals surface area contributed by atoms with Crippen LogP contribution < -0.4 is 5.32 Å². The molecule has 0 aliphatic heterocycles. The van der Waals surface area contributed by atoms with E-state index in [9.17, 15) is 9.90 Å². The van der Waals surface area contributed by atoms with Crippen LogP contribution in [0, 0.1) is 0 Å². The summed E-state index contributed by atoms with van der Waals surface area (Å²) < 4.78 is 1.52. The van der Waals surface area contributed by atoms with E-state index in [-0.39, 0.29) is 17.8 Å². The number of nitrogens with one attached hydrogen (secondary N) is 1. The van der Waals surface area contributed by atoms with Gasteiger partial charge in [0.2, 0.25) is 0 Å². The monoisotopic (exact) mass is 329 g/mol. The third-order valence-corrected chi connectivity index (χ3v) is 4.56. The minimum atomic E-state index is -0.178. The van der Waals surface area contributed by atoms with E-state index in [4.69, 9.17) is 0 Å². The van der Waals surface area contributed by atoms with Crippen LogP contribution in [0.5, 0.6) is 5.75 Å². The lowest BCUT2D eigenvalue weighted by atomic mass is 10.1. The van der Waals surface area contributed by atoms with Crippen molar-refractivity contribution in [1.82, 2.24) is 14.8 Å². The summed E-state index contributed by atoms with van der Waals surface area (Å²) in [5.74, 6) is 0.195. The Morgan fingerprint density at radius 2 is 2.09 bits per heavy atom. The zero-order valence-electron chi connectivity index (χ0n) is 13.1. The molecule has 0 radical (unpaired) electrons. The molecule has 6 heteroatoms. The Morgan fingerprint density at radius 3 is 2.78 bits per heavy atom. The molecule has 0 bridgehead atoms. The number of hydrogen-bond donors (Lipinski definition) is 2. The molecule has 1 amide bonds. The third kappa shape index (κ3) is 3.38. The van der Waals surface area contributed by atoms with Crippen molar-refractivity contribution in [3.05, 3.63) is 53.0 Å². The van der Waals surface area contributed by atoms with Crippen LogP contribution in [0.4, 0.5) is 4.79 Å². The minimum absolute atomic E-state index is 0.138. The van der Waals surface area contributed by atoms with E-state index in [1.807, 2.05) is 19.5 Å². The van der Waals surface area contributed by atoms with Crippen LogP contribution in [0.25, 0.3) is 10.8 Å². The average Bonchev–Trinajstić information content (AvgIpc) is 3.15. The van der Waals surface area contributed by atoms with E-state index in [1.165, 1.54) is 10.1 Å². The van der Waals surface area contributed by atoms with Gasteiger partial charge in [-0.2, -0.15) is 11.3 Å². The Bertz CT molecular complexity index is 808. The third-order valence-electron chi connectivity index (χ3n) is 3.86. The summed E-state index contributed by atoms with van der Waals surface area (Å²) in [4.78, 5) is 14.5. The number of likely N-dealkylation sites (N-methyl/N-ethyl adjacent to an activating group) is 1. The molecule has 5 nitrogen and oxygen atoms in total. The largest absolute Gasteiger partial charge is 0.508 e. The second-order valence-corrected chi connectivity index (χ2v) is 6.48. The highest BCUT2D eigenvalue weighted by Gasteiger charge is 2.16. The van der Waals surface area contributed by atoms with Crippen molar-refractivity contribution in [1.29, 1.82) is 0 Å². The lowest BCUT2D eigenvalue weighted by molar-refractivity contribution is 0.234. The van der Waals surface area contributed by atoms with Crippen molar-refractivity contribution in [2.75, 3.05) is 20.6 Å². The van der Waals surface area contributed by atoms with E-state index in [0.717, 1.165) is 10.8 Å². The van der Waals surface area contributed by atoms with E-state index in [2.05, 4.69) is 21.7 Å². The number of nitrogens with zero attached hydrogens (tertiary/aromatic N) is 2. The number of phenols is 1. The van der Waals surface area contributed by atoms with Gasteiger partial charge in [-0.25, -0.2) is 4.79 Å². The number of carbonyl (C=O) groups excluding carboxylic acids is 1. The lowest BCUT2D eigenvalue weighted by Crippen LogP contribution is -2.36. The molecule has 2 N–H and O–H groups in total. The fourth-order valence-corrected chi connectivity index (χ4v) is 3.29. The topological polar surface area (TPSA) is 57.5 Å². The normalized spacial score (nSPS) is 12.7. The first-order valence-electron chi connectivity index (χ1n) is 7.32. The van der Waals surface area contributed by atoms with Gasteiger partial charge in [-0.15, -0.1) is 0 Å². The Kier molecular flexibility index (Phi) is 4.36. The molecule has 0 spiro atoms. The Morgan fingerprint density at radius 1 is 1.30 bits per heavy atom. The highest BCUT2D eigenvalue weighted by molar-refractivity contribution is 7.07. The molecule has 120 valence electrons. The van der Waals surface area contributed by atoms with Crippen molar-refractivity contribution in [3.8, 4) is 5.75 Å². The number of hydrogen-bond acceptors (Lipinski definition) is 4. The molecule has 0 saturated carbocycles. The number of aromatic hydroxyl groups is 1. The molecule has 2 heterocycles. The Balaban J connectivity index is 1.72. The molecule has 1 atom stereocenters. The van der Waals surface area contributed by atoms with Gasteiger partial charge >= 0.3 is 6.03 Å². The lowest BCUT2D eigenvalue weighted by Gasteiger charge is -2.24. The predicted molar refractivity (Wildman–Crippen MR) is 93.1 cm³/mol. The summed E-state index contributed by atoms with van der Waals surface area (Å²) in [6.07, 6.45) is 3.49. The maximum Gasteiger partial charge on any atom is 0.325 e. The summed E-state index contributed by atoms with van der Waals surface area (Å²) in [5, 5.41) is 18.4. The Hall–Kier alpha value is -2.31. The second-order valence-electron chi connectivity index (χ2n) is 5.70. The first-order valence-corrected chi connectivity index (χ1v) is 8.26. The molecule has 2 aromatic heterocycles. The standard InChI is InChI=1S/C17H19N3O2S/c1-19(2)16(13-5-6-23-11-13)8-18-17(22)20-9-12-3-4-15(21)7-14(12)10-20/h3-7,9-11,16,21H,8H2,1-2H3,(H,18,22). The summed E-state index contributed by atoms with van der Waals surface area (Å²) in [7, 11) is 4.00. The van der Waals surface area contributed by atoms with Crippen LogP contribution in [-0.2, 0) is 0 Å². The van der Waals surface area contributed by atoms with Gasteiger partial charge in [-0.05, 0) is 54.7 Å². The molecule has 23 heavy (non-hydrogen) atoms. The summed E-state index contributed by atoms with van der Waals surface area (Å²) in [6.45, 7) is 0.530. The van der Waals surface area contributed by atoms with E-state index in [1.54, 1.807) is 41.9 Å². The summed E-state index contributed by atoms with van der Waals surface area (Å²) in [5.41, 5.74) is 1.20. The summed E-state index contributed by atoms with van der Waals surface area (Å²) in [6, 6.07) is 7.09. The van der Waals surface area contributed by atoms with Gasteiger partial charge in [0.15, 0.2) is 0 Å². The van der Waals surface area contributed by atoms with Gasteiger partial charge in [-0.3, -0.25) is 4.57 Å². The van der Waals surface area contributed by atoms with Gasteiger partial charge in [0.05, 0.1) is 6.04 Å². The molecular formula is C17H19N3O2S. The SMILES string of the molecule is CN(C)C(CNC(=O)n1cc2ccc(O)cc2c1)c1ccsc1. The zero-order valence-corrected chi connectivity index (χ0v) is 13.9. The number of fused-ring (bicyclic) bond motifs is 1. The molecule has 0 fully saturated rings. The predicted octanol–water partition coefficient (Wildman–Crippen LogP) is 3.27. The van der Waals surface area contributed by atoms with Gasteiger partial charge < -0.3 is 15.3 Å². The minimum Gasteiger partial charge on any atom is -0.508 e. The molecule has 1 unspecified atom stereocenters. The number of amides is 1. The smallest absolute Gasteiger partial charge is 0.325 e. The van der Waals surface area contributed by atoms with E-state index in [0.29, 0.717) is 6.54 Å². The maximum atomic E-state index is 12.4. The van der Waals surface area contributed by atoms with Crippen LogP contribution in [0.15, 0.2) is 47.4 Å². The van der Waals surface area contributed by atoms with Crippen molar-refractivity contribution >= 4 is 28.1 Å². The molecular weight excluding hydrogens is 310 g/mol. The molecule has 0 aliphatic carbocycles. The molecule has 0 aliphatic rings. The first-order chi connectivity index (χ1) is 11.0. The van der Waals surface area contributed by atoms with Crippen LogP contribution in [-0.4, -0.2) is 41.2 Å². The maximum absolute atomic E-state index is 12.4. The average molecular weight is 329 g/mol. The van der Waals surface area contributed by atoms with Crippen LogP contribution >= 0.6 is 11.3 Å². The van der Waals surface area contributed by atoms with Crippen molar-refractivity contribution in [2.24, 2.45) is 0 Å². The fraction of sp³-hybridized carbons (Fsp3) is 0.235. The van der Waals surface area contributed by atoms with Crippen LogP contribution in [0.2, 0.25) is 0 Å². The van der Waals surface area contributed by atoms with Crippen molar-refractivity contribution in [3.63, 3.8) is 0 Å². The van der Waals surface area contributed by atoms with Gasteiger partial charge in [0, 0.05) is 29.7 Å². The van der Waals surface area contributed by atoms with E-state index < -0.39 is 0 Å². The van der Waals surface area contributed by atoms with Gasteiger partial charge in [0.1, 0.15) is 5.75 Å².